The van der Waals surface area contributed by atoms with E-state index in [0.717, 1.165) is 54.4 Å². The van der Waals surface area contributed by atoms with Crippen molar-refractivity contribution in [1.82, 2.24) is 5.32 Å². The third-order valence-corrected chi connectivity index (χ3v) is 9.26. The molecule has 0 saturated heterocycles. The minimum atomic E-state index is -3.57. The van der Waals surface area contributed by atoms with E-state index in [1.54, 1.807) is 24.3 Å². The van der Waals surface area contributed by atoms with Gasteiger partial charge >= 0.3 is 5.97 Å². The van der Waals surface area contributed by atoms with Gasteiger partial charge in [-0.1, -0.05) is 60.5 Å². The molecule has 0 amide bonds. The predicted octanol–water partition coefficient (Wildman–Crippen LogP) is 5.78. The van der Waals surface area contributed by atoms with Gasteiger partial charge in [-0.25, -0.2) is 13.2 Å². The molecule has 1 fully saturated rings. The molecule has 1 aliphatic heterocycles. The summed E-state index contributed by atoms with van der Waals surface area (Å²) in [5.41, 5.74) is 11.3. The highest BCUT2D eigenvalue weighted by atomic mass is 35.5. The van der Waals surface area contributed by atoms with Crippen LogP contribution in [0.15, 0.2) is 72.4 Å². The normalized spacial score (nSPS) is 16.8. The zero-order valence-corrected chi connectivity index (χ0v) is 24.1. The molecule has 0 unspecified atom stereocenters. The van der Waals surface area contributed by atoms with Crippen molar-refractivity contribution in [2.45, 2.75) is 51.2 Å². The van der Waals surface area contributed by atoms with Crippen LogP contribution in [0.4, 0.5) is 5.69 Å². The Morgan fingerprint density at radius 2 is 1.73 bits per heavy atom. The van der Waals surface area contributed by atoms with Gasteiger partial charge in [-0.2, -0.15) is 0 Å². The van der Waals surface area contributed by atoms with E-state index in [4.69, 9.17) is 22.1 Å². The summed E-state index contributed by atoms with van der Waals surface area (Å²) in [5, 5.41) is 3.60. The Morgan fingerprint density at radius 3 is 2.48 bits per heavy atom. The molecule has 0 atom stereocenters. The van der Waals surface area contributed by atoms with E-state index in [9.17, 15) is 13.2 Å². The number of halogens is 1. The number of benzene rings is 3. The molecule has 7 nitrogen and oxygen atoms in total. The van der Waals surface area contributed by atoms with Crippen LogP contribution in [0.3, 0.4) is 0 Å². The van der Waals surface area contributed by atoms with Gasteiger partial charge in [0.25, 0.3) is 0 Å². The molecule has 210 valence electrons. The number of ether oxygens (including phenoxy) is 1. The lowest BCUT2D eigenvalue weighted by Gasteiger charge is -2.32. The van der Waals surface area contributed by atoms with E-state index in [-0.39, 0.29) is 5.75 Å². The van der Waals surface area contributed by atoms with Crippen LogP contribution in [0.2, 0.25) is 5.02 Å². The molecular weight excluding hydrogens is 546 g/mol. The van der Waals surface area contributed by atoms with Crippen molar-refractivity contribution in [3.05, 3.63) is 94.1 Å². The Morgan fingerprint density at radius 1 is 0.975 bits per heavy atom. The Bertz CT molecular complexity index is 1550. The van der Waals surface area contributed by atoms with Gasteiger partial charge < -0.3 is 15.8 Å². The largest absolute Gasteiger partial charge is 0.449 e. The fourth-order valence-corrected chi connectivity index (χ4v) is 6.83. The molecule has 3 aromatic carbocycles. The first-order chi connectivity index (χ1) is 19.2. The highest BCUT2D eigenvalue weighted by Gasteiger charge is 2.47. The Kier molecular flexibility index (Phi) is 8.21. The number of nitrogens with one attached hydrogen (secondary N) is 2. The highest BCUT2D eigenvalue weighted by Crippen LogP contribution is 2.45. The first-order valence-electron chi connectivity index (χ1n) is 13.6. The van der Waals surface area contributed by atoms with Crippen molar-refractivity contribution in [2.24, 2.45) is 5.73 Å². The molecule has 0 radical (unpaired) electrons. The minimum absolute atomic E-state index is 0.0628. The van der Waals surface area contributed by atoms with Gasteiger partial charge in [-0.15, -0.1) is 0 Å². The maximum absolute atomic E-state index is 12.9. The van der Waals surface area contributed by atoms with Crippen LogP contribution in [0.25, 0.3) is 16.7 Å². The summed E-state index contributed by atoms with van der Waals surface area (Å²) in [6.45, 7) is 2.82. The maximum atomic E-state index is 12.9. The van der Waals surface area contributed by atoms with Crippen molar-refractivity contribution in [3.8, 4) is 11.1 Å². The lowest BCUT2D eigenvalue weighted by molar-refractivity contribution is -0.147. The second-order valence-electron chi connectivity index (χ2n) is 10.5. The first-order valence-corrected chi connectivity index (χ1v) is 15.6. The van der Waals surface area contributed by atoms with Gasteiger partial charge in [-0.3, -0.25) is 4.72 Å². The third-order valence-electron chi connectivity index (χ3n) is 7.66. The molecule has 1 aliphatic carbocycles. The molecule has 4 N–H and O–H groups in total. The van der Waals surface area contributed by atoms with Gasteiger partial charge in [0, 0.05) is 29.4 Å². The summed E-state index contributed by atoms with van der Waals surface area (Å²) in [5.74, 6) is -0.465. The zero-order chi connectivity index (χ0) is 28.3. The number of carbonyl (C=O) groups excluding carboxylic acids is 1. The minimum Gasteiger partial charge on any atom is -0.449 e. The molecule has 40 heavy (non-hydrogen) atoms. The van der Waals surface area contributed by atoms with E-state index in [1.165, 1.54) is 0 Å². The fraction of sp³-hybridized carbons (Fsp3) is 0.323. The quantitative estimate of drug-likeness (QED) is 0.219. The zero-order valence-electron chi connectivity index (χ0n) is 22.5. The molecule has 9 heteroatoms. The van der Waals surface area contributed by atoms with E-state index < -0.39 is 21.6 Å². The van der Waals surface area contributed by atoms with Crippen LogP contribution in [-0.4, -0.2) is 32.3 Å². The lowest BCUT2D eigenvalue weighted by Crippen LogP contribution is -2.37. The second-order valence-corrected chi connectivity index (χ2v) is 12.8. The van der Waals surface area contributed by atoms with Gasteiger partial charge in [0.2, 0.25) is 10.0 Å². The highest BCUT2D eigenvalue weighted by molar-refractivity contribution is 7.92. The van der Waals surface area contributed by atoms with E-state index >= 15 is 0 Å². The Labute approximate surface area is 240 Å². The number of anilines is 1. The molecule has 1 spiro atoms. The summed E-state index contributed by atoms with van der Waals surface area (Å²) in [7, 11) is -3.57. The molecule has 1 heterocycles. The van der Waals surface area contributed by atoms with E-state index in [1.807, 2.05) is 49.4 Å². The van der Waals surface area contributed by atoms with Gasteiger partial charge in [0.1, 0.15) is 0 Å². The molecule has 0 bridgehead atoms. The molecular formula is C31H34ClN3O4S. The fourth-order valence-electron chi connectivity index (χ4n) is 5.56. The number of rotatable bonds is 9. The average Bonchev–Trinajstić information content (AvgIpc) is 3.16. The molecule has 3 aromatic rings. The molecule has 1 saturated carbocycles. The van der Waals surface area contributed by atoms with Crippen molar-refractivity contribution in [2.75, 3.05) is 17.0 Å². The van der Waals surface area contributed by atoms with Gasteiger partial charge in [0.15, 0.2) is 5.60 Å². The van der Waals surface area contributed by atoms with E-state index in [0.29, 0.717) is 40.6 Å². The van der Waals surface area contributed by atoms with Crippen LogP contribution in [-0.2, 0) is 26.1 Å². The summed E-state index contributed by atoms with van der Waals surface area (Å²) < 4.78 is 34.0. The average molecular weight is 580 g/mol. The summed E-state index contributed by atoms with van der Waals surface area (Å²) >= 11 is 6.75. The smallest absolute Gasteiger partial charge is 0.341 e. The summed E-state index contributed by atoms with van der Waals surface area (Å²) in [6.07, 6.45) is 4.55. The number of carbonyl (C=O) groups is 1. The lowest BCUT2D eigenvalue weighted by atomic mass is 9.81. The number of sulfonamides is 1. The topological polar surface area (TPSA) is 111 Å². The Hall–Kier alpha value is -3.33. The van der Waals surface area contributed by atoms with E-state index in [2.05, 4.69) is 10.0 Å². The maximum Gasteiger partial charge on any atom is 0.341 e. The van der Waals surface area contributed by atoms with Crippen LogP contribution < -0.4 is 15.8 Å². The predicted molar refractivity (Wildman–Crippen MR) is 160 cm³/mol. The van der Waals surface area contributed by atoms with Crippen molar-refractivity contribution < 1.29 is 17.9 Å². The molecule has 5 rings (SSSR count). The SMILES string of the molecule is Cc1cc(-c2cccc(NS(=O)(=O)CCNCc3ccccc3)c2)c(Cl)cc1C1=C(N)C2(CCCCC2)OC1=O. The summed E-state index contributed by atoms with van der Waals surface area (Å²) in [4.78, 5) is 12.9. The number of esters is 1. The molecule has 2 aliphatic rings. The standard InChI is InChI=1S/C31H34ClN3O4S/c1-21-17-26(27(32)19-25(21)28-29(33)31(39-30(28)36)13-6-3-7-14-31)23-11-8-12-24(18-23)35-40(37,38)16-15-34-20-22-9-4-2-5-10-22/h2,4-5,8-12,17-19,34-35H,3,6-7,13-16,20,33H2,1H3. The van der Waals surface area contributed by atoms with Gasteiger partial charge in [0.05, 0.1) is 17.0 Å². The first kappa shape index (κ1) is 28.2. The van der Waals surface area contributed by atoms with Crippen molar-refractivity contribution in [3.63, 3.8) is 0 Å². The number of nitrogens with two attached hydrogens (primary N) is 1. The van der Waals surface area contributed by atoms with Crippen molar-refractivity contribution >= 4 is 38.9 Å². The summed E-state index contributed by atoms with van der Waals surface area (Å²) in [6, 6.07) is 20.6. The second kappa shape index (κ2) is 11.6. The van der Waals surface area contributed by atoms with Crippen LogP contribution in [0.5, 0.6) is 0 Å². The van der Waals surface area contributed by atoms with Crippen LogP contribution in [0, 0.1) is 6.92 Å². The number of hydrogen-bond acceptors (Lipinski definition) is 6. The number of hydrogen-bond donors (Lipinski definition) is 3. The third kappa shape index (κ3) is 6.04. The Balaban J connectivity index is 1.31. The van der Waals surface area contributed by atoms with Crippen LogP contribution >= 0.6 is 11.6 Å². The van der Waals surface area contributed by atoms with Crippen molar-refractivity contribution in [1.29, 1.82) is 0 Å². The monoisotopic (exact) mass is 579 g/mol. The van der Waals surface area contributed by atoms with Gasteiger partial charge in [-0.05, 0) is 79.1 Å². The molecule has 0 aromatic heterocycles. The number of aryl methyl sites for hydroxylation is 1. The van der Waals surface area contributed by atoms with Crippen LogP contribution in [0.1, 0.15) is 48.8 Å².